The van der Waals surface area contributed by atoms with E-state index in [1.54, 1.807) is 0 Å². The number of piperidine rings is 1. The Morgan fingerprint density at radius 3 is 3.13 bits per heavy atom. The molecule has 0 bridgehead atoms. The molecule has 0 amide bonds. The van der Waals surface area contributed by atoms with Crippen LogP contribution in [0.2, 0.25) is 0 Å². The summed E-state index contributed by atoms with van der Waals surface area (Å²) in [6.45, 7) is 2.01. The molecule has 0 aromatic heterocycles. The molecule has 1 N–H and O–H groups in total. The number of hydrogen-bond donors (Lipinski definition) is 1. The van der Waals surface area contributed by atoms with Crippen molar-refractivity contribution in [3.05, 3.63) is 29.3 Å². The van der Waals surface area contributed by atoms with E-state index < -0.39 is 0 Å². The minimum atomic E-state index is 0.520. The average Bonchev–Trinajstić information content (AvgIpc) is 2.78. The van der Waals surface area contributed by atoms with Crippen molar-refractivity contribution in [1.29, 1.82) is 0 Å². The lowest BCUT2D eigenvalue weighted by atomic mass is 9.95. The Hall–Kier alpha value is -1.02. The van der Waals surface area contributed by atoms with E-state index >= 15 is 0 Å². The molecule has 1 aromatic rings. The predicted octanol–water partition coefficient (Wildman–Crippen LogP) is 2.44. The fourth-order valence-corrected chi connectivity index (χ4v) is 2.63. The van der Waals surface area contributed by atoms with Gasteiger partial charge in [-0.25, -0.2) is 0 Å². The molecule has 0 aliphatic carbocycles. The van der Waals surface area contributed by atoms with Gasteiger partial charge < -0.3 is 10.1 Å². The zero-order chi connectivity index (χ0) is 10.1. The van der Waals surface area contributed by atoms with E-state index in [4.69, 9.17) is 4.74 Å². The number of hydrogen-bond acceptors (Lipinski definition) is 2. The molecule has 2 heterocycles. The normalized spacial score (nSPS) is 24.7. The Morgan fingerprint density at radius 2 is 2.27 bits per heavy atom. The number of nitrogens with one attached hydrogen (secondary N) is 1. The molecular formula is C13H17NO. The molecule has 1 unspecified atom stereocenters. The largest absolute Gasteiger partial charge is 0.493 e. The van der Waals surface area contributed by atoms with Crippen LogP contribution in [0.4, 0.5) is 0 Å². The summed E-state index contributed by atoms with van der Waals surface area (Å²) in [6.07, 6.45) is 4.98. The Morgan fingerprint density at radius 1 is 1.27 bits per heavy atom. The van der Waals surface area contributed by atoms with Crippen LogP contribution in [-0.4, -0.2) is 13.2 Å². The van der Waals surface area contributed by atoms with Crippen molar-refractivity contribution in [3.63, 3.8) is 0 Å². The van der Waals surface area contributed by atoms with Gasteiger partial charge in [0.25, 0.3) is 0 Å². The summed E-state index contributed by atoms with van der Waals surface area (Å²) in [5.74, 6) is 1.16. The van der Waals surface area contributed by atoms with Gasteiger partial charge in [-0.1, -0.05) is 24.6 Å². The fourth-order valence-electron chi connectivity index (χ4n) is 2.63. The first-order valence-electron chi connectivity index (χ1n) is 5.93. The molecule has 1 atom stereocenters. The van der Waals surface area contributed by atoms with Crippen LogP contribution in [-0.2, 0) is 6.42 Å². The van der Waals surface area contributed by atoms with Crippen molar-refractivity contribution >= 4 is 0 Å². The minimum Gasteiger partial charge on any atom is -0.493 e. The van der Waals surface area contributed by atoms with E-state index in [0.29, 0.717) is 6.04 Å². The lowest BCUT2D eigenvalue weighted by Crippen LogP contribution is -2.27. The average molecular weight is 203 g/mol. The van der Waals surface area contributed by atoms with Crippen molar-refractivity contribution < 1.29 is 4.74 Å². The summed E-state index contributed by atoms with van der Waals surface area (Å²) in [4.78, 5) is 0. The van der Waals surface area contributed by atoms with Crippen LogP contribution in [0.5, 0.6) is 5.75 Å². The number of para-hydroxylation sites is 1. The lowest BCUT2D eigenvalue weighted by molar-refractivity contribution is 0.339. The highest BCUT2D eigenvalue weighted by Crippen LogP contribution is 2.36. The second-order valence-corrected chi connectivity index (χ2v) is 4.44. The Labute approximate surface area is 90.6 Å². The molecule has 3 rings (SSSR count). The molecule has 0 saturated carbocycles. The van der Waals surface area contributed by atoms with Gasteiger partial charge in [0.1, 0.15) is 5.75 Å². The lowest BCUT2D eigenvalue weighted by Gasteiger charge is -2.25. The third kappa shape index (κ3) is 1.63. The molecule has 2 aliphatic rings. The van der Waals surface area contributed by atoms with E-state index in [2.05, 4.69) is 23.5 Å². The van der Waals surface area contributed by atoms with Crippen LogP contribution in [0.25, 0.3) is 0 Å². The van der Waals surface area contributed by atoms with Crippen LogP contribution in [0.3, 0.4) is 0 Å². The predicted molar refractivity (Wildman–Crippen MR) is 60.2 cm³/mol. The molecule has 2 heteroatoms. The van der Waals surface area contributed by atoms with E-state index in [0.717, 1.165) is 25.3 Å². The van der Waals surface area contributed by atoms with E-state index in [1.165, 1.54) is 30.4 Å². The Kier molecular flexibility index (Phi) is 2.37. The maximum Gasteiger partial charge on any atom is 0.127 e. The Balaban J connectivity index is 1.93. The van der Waals surface area contributed by atoms with Gasteiger partial charge in [0, 0.05) is 18.0 Å². The van der Waals surface area contributed by atoms with Crippen molar-refractivity contribution in [3.8, 4) is 5.75 Å². The standard InChI is InChI=1S/C13H17NO/c1-2-8-14-12(6-1)11-5-3-4-10-7-9-15-13(10)11/h3-5,12,14H,1-2,6-9H2. The molecule has 2 nitrogen and oxygen atoms in total. The van der Waals surface area contributed by atoms with Crippen LogP contribution < -0.4 is 10.1 Å². The van der Waals surface area contributed by atoms with Gasteiger partial charge in [0.05, 0.1) is 6.61 Å². The smallest absolute Gasteiger partial charge is 0.127 e. The molecule has 2 aliphatic heterocycles. The molecule has 0 radical (unpaired) electrons. The highest BCUT2D eigenvalue weighted by molar-refractivity contribution is 5.45. The van der Waals surface area contributed by atoms with Crippen molar-refractivity contribution in [2.75, 3.05) is 13.2 Å². The quantitative estimate of drug-likeness (QED) is 0.757. The molecule has 15 heavy (non-hydrogen) atoms. The highest BCUT2D eigenvalue weighted by atomic mass is 16.5. The highest BCUT2D eigenvalue weighted by Gasteiger charge is 2.22. The van der Waals surface area contributed by atoms with Gasteiger partial charge in [-0.15, -0.1) is 0 Å². The van der Waals surface area contributed by atoms with E-state index in [1.807, 2.05) is 0 Å². The third-order valence-electron chi connectivity index (χ3n) is 3.43. The second kappa shape index (κ2) is 3.86. The molecule has 1 fully saturated rings. The summed E-state index contributed by atoms with van der Waals surface area (Å²) >= 11 is 0. The van der Waals surface area contributed by atoms with Gasteiger partial charge in [0.15, 0.2) is 0 Å². The zero-order valence-electron chi connectivity index (χ0n) is 8.96. The Bertz CT molecular complexity index is 356. The van der Waals surface area contributed by atoms with Gasteiger partial charge in [-0.2, -0.15) is 0 Å². The molecule has 80 valence electrons. The third-order valence-corrected chi connectivity index (χ3v) is 3.43. The molecular weight excluding hydrogens is 186 g/mol. The topological polar surface area (TPSA) is 21.3 Å². The van der Waals surface area contributed by atoms with Crippen LogP contribution in [0.1, 0.15) is 36.4 Å². The van der Waals surface area contributed by atoms with Gasteiger partial charge >= 0.3 is 0 Å². The number of fused-ring (bicyclic) bond motifs is 1. The summed E-state index contributed by atoms with van der Waals surface area (Å²) in [5.41, 5.74) is 2.77. The van der Waals surface area contributed by atoms with E-state index in [9.17, 15) is 0 Å². The summed E-state index contributed by atoms with van der Waals surface area (Å²) in [5, 5.41) is 3.59. The first-order valence-corrected chi connectivity index (χ1v) is 5.93. The molecule has 1 aromatic carbocycles. The van der Waals surface area contributed by atoms with Gasteiger partial charge in [0.2, 0.25) is 0 Å². The number of benzene rings is 1. The van der Waals surface area contributed by atoms with Crippen LogP contribution in [0.15, 0.2) is 18.2 Å². The monoisotopic (exact) mass is 203 g/mol. The number of ether oxygens (including phenoxy) is 1. The summed E-state index contributed by atoms with van der Waals surface area (Å²) < 4.78 is 5.74. The van der Waals surface area contributed by atoms with Gasteiger partial charge in [-0.05, 0) is 24.9 Å². The van der Waals surface area contributed by atoms with Crippen molar-refractivity contribution in [2.45, 2.75) is 31.7 Å². The second-order valence-electron chi connectivity index (χ2n) is 4.44. The minimum absolute atomic E-state index is 0.520. The summed E-state index contributed by atoms with van der Waals surface area (Å²) in [6, 6.07) is 7.09. The first-order chi connectivity index (χ1) is 7.45. The molecule has 1 saturated heterocycles. The van der Waals surface area contributed by atoms with Gasteiger partial charge in [-0.3, -0.25) is 0 Å². The maximum absolute atomic E-state index is 5.74. The van der Waals surface area contributed by atoms with E-state index in [-0.39, 0.29) is 0 Å². The van der Waals surface area contributed by atoms with Crippen LogP contribution >= 0.6 is 0 Å². The van der Waals surface area contributed by atoms with Crippen molar-refractivity contribution in [2.24, 2.45) is 0 Å². The maximum atomic E-state index is 5.74. The first kappa shape index (κ1) is 9.22. The summed E-state index contributed by atoms with van der Waals surface area (Å²) in [7, 11) is 0. The van der Waals surface area contributed by atoms with Crippen LogP contribution in [0, 0.1) is 0 Å². The molecule has 0 spiro atoms. The SMILES string of the molecule is c1cc2c(c(C3CCCCN3)c1)OCC2. The number of rotatable bonds is 1. The van der Waals surface area contributed by atoms with Crippen molar-refractivity contribution in [1.82, 2.24) is 5.32 Å². The fraction of sp³-hybridized carbons (Fsp3) is 0.538. The zero-order valence-corrected chi connectivity index (χ0v) is 8.96.